The Balaban J connectivity index is 1.55. The van der Waals surface area contributed by atoms with Gasteiger partial charge in [-0.25, -0.2) is 4.39 Å². The van der Waals surface area contributed by atoms with Crippen molar-refractivity contribution in [1.82, 2.24) is 15.3 Å². The van der Waals surface area contributed by atoms with Crippen LogP contribution in [-0.4, -0.2) is 15.3 Å². The molecule has 6 heteroatoms. The molecule has 2 heterocycles. The van der Waals surface area contributed by atoms with E-state index in [1.807, 2.05) is 19.1 Å². The van der Waals surface area contributed by atoms with Gasteiger partial charge >= 0.3 is 0 Å². The lowest BCUT2D eigenvalue weighted by Crippen LogP contribution is -1.89. The number of rotatable bonds is 4. The third-order valence-corrected chi connectivity index (χ3v) is 3.73. The number of aryl methyl sites for hydroxylation is 1. The Morgan fingerprint density at radius 1 is 1.18 bits per heavy atom. The molecule has 1 aliphatic carbocycles. The second-order valence-corrected chi connectivity index (χ2v) is 5.66. The maximum absolute atomic E-state index is 13.9. The molecule has 0 N–H and O–H groups in total. The van der Waals surface area contributed by atoms with E-state index in [-0.39, 0.29) is 11.6 Å². The van der Waals surface area contributed by atoms with Gasteiger partial charge < -0.3 is 9.05 Å². The van der Waals surface area contributed by atoms with Crippen LogP contribution in [-0.2, 0) is 6.42 Å². The standard InChI is InChI=1S/C16H14FN3O2/c1-9-2-5-12(13(17)6-9)16-18-15(22-20-16)8-11-7-14(19-21-11)10-3-4-10/h2,5-7,10H,3-4,8H2,1H3. The van der Waals surface area contributed by atoms with Crippen LogP contribution in [0.4, 0.5) is 4.39 Å². The normalized spacial score (nSPS) is 14.5. The molecule has 1 aromatic carbocycles. The summed E-state index contributed by atoms with van der Waals surface area (Å²) >= 11 is 0. The van der Waals surface area contributed by atoms with Gasteiger partial charge in [0, 0.05) is 12.0 Å². The van der Waals surface area contributed by atoms with E-state index >= 15 is 0 Å². The summed E-state index contributed by atoms with van der Waals surface area (Å²) < 4.78 is 24.4. The van der Waals surface area contributed by atoms with E-state index in [0.29, 0.717) is 29.6 Å². The third-order valence-electron chi connectivity index (χ3n) is 3.73. The van der Waals surface area contributed by atoms with Crippen LogP contribution in [0.25, 0.3) is 11.4 Å². The summed E-state index contributed by atoms with van der Waals surface area (Å²) in [4.78, 5) is 4.23. The zero-order valence-electron chi connectivity index (χ0n) is 12.0. The minimum absolute atomic E-state index is 0.245. The highest BCUT2D eigenvalue weighted by molar-refractivity contribution is 5.55. The zero-order valence-corrected chi connectivity index (χ0v) is 12.0. The molecular formula is C16H14FN3O2. The van der Waals surface area contributed by atoms with Crippen molar-refractivity contribution < 1.29 is 13.4 Å². The summed E-state index contributed by atoms with van der Waals surface area (Å²) in [6, 6.07) is 6.84. The lowest BCUT2D eigenvalue weighted by molar-refractivity contribution is 0.349. The van der Waals surface area contributed by atoms with E-state index in [1.165, 1.54) is 18.9 Å². The molecule has 22 heavy (non-hydrogen) atoms. The van der Waals surface area contributed by atoms with Crippen molar-refractivity contribution in [2.75, 3.05) is 0 Å². The Kier molecular flexibility index (Phi) is 3.03. The fourth-order valence-electron chi connectivity index (χ4n) is 2.37. The van der Waals surface area contributed by atoms with Gasteiger partial charge in [0.2, 0.25) is 11.7 Å². The second kappa shape index (κ2) is 5.05. The van der Waals surface area contributed by atoms with Crippen molar-refractivity contribution in [3.05, 3.63) is 53.0 Å². The molecule has 1 saturated carbocycles. The van der Waals surface area contributed by atoms with Crippen LogP contribution in [0.5, 0.6) is 0 Å². The molecule has 4 rings (SSSR count). The lowest BCUT2D eigenvalue weighted by Gasteiger charge is -1.98. The minimum Gasteiger partial charge on any atom is -0.361 e. The quantitative estimate of drug-likeness (QED) is 0.736. The summed E-state index contributed by atoms with van der Waals surface area (Å²) in [6.45, 7) is 1.83. The first kappa shape index (κ1) is 13.2. The summed E-state index contributed by atoms with van der Waals surface area (Å²) in [5, 5.41) is 7.88. The van der Waals surface area contributed by atoms with Crippen molar-refractivity contribution in [2.24, 2.45) is 0 Å². The number of benzene rings is 1. The summed E-state index contributed by atoms with van der Waals surface area (Å²) in [6.07, 6.45) is 2.70. The third kappa shape index (κ3) is 2.52. The Hall–Kier alpha value is -2.50. The maximum Gasteiger partial charge on any atom is 0.234 e. The Bertz CT molecular complexity index is 820. The van der Waals surface area contributed by atoms with Gasteiger partial charge in [0.15, 0.2) is 0 Å². The van der Waals surface area contributed by atoms with Gasteiger partial charge in [0.25, 0.3) is 0 Å². The molecule has 0 atom stereocenters. The predicted octanol–water partition coefficient (Wildman–Crippen LogP) is 3.64. The van der Waals surface area contributed by atoms with Gasteiger partial charge in [0.1, 0.15) is 11.6 Å². The molecule has 5 nitrogen and oxygen atoms in total. The largest absolute Gasteiger partial charge is 0.361 e. The predicted molar refractivity (Wildman–Crippen MR) is 75.7 cm³/mol. The Morgan fingerprint density at radius 3 is 2.82 bits per heavy atom. The highest BCUT2D eigenvalue weighted by Gasteiger charge is 2.27. The maximum atomic E-state index is 13.9. The molecule has 0 spiro atoms. The van der Waals surface area contributed by atoms with Gasteiger partial charge in [-0.05, 0) is 37.5 Å². The molecule has 0 unspecified atom stereocenters. The van der Waals surface area contributed by atoms with Crippen LogP contribution in [0.15, 0.2) is 33.3 Å². The van der Waals surface area contributed by atoms with Gasteiger partial charge in [-0.2, -0.15) is 4.98 Å². The highest BCUT2D eigenvalue weighted by atomic mass is 19.1. The van der Waals surface area contributed by atoms with E-state index < -0.39 is 0 Å². The molecule has 0 radical (unpaired) electrons. The number of hydrogen-bond donors (Lipinski definition) is 0. The first-order valence-corrected chi connectivity index (χ1v) is 7.23. The van der Waals surface area contributed by atoms with Crippen molar-refractivity contribution in [1.29, 1.82) is 0 Å². The SMILES string of the molecule is Cc1ccc(-c2noc(Cc3cc(C4CC4)no3)n2)c(F)c1. The van der Waals surface area contributed by atoms with Crippen LogP contribution in [0, 0.1) is 12.7 Å². The van der Waals surface area contributed by atoms with Crippen LogP contribution in [0.1, 0.15) is 41.7 Å². The highest BCUT2D eigenvalue weighted by Crippen LogP contribution is 2.39. The van der Waals surface area contributed by atoms with Crippen molar-refractivity contribution in [2.45, 2.75) is 32.1 Å². The van der Waals surface area contributed by atoms with Gasteiger partial charge in [0.05, 0.1) is 17.7 Å². The number of aromatic nitrogens is 3. The average Bonchev–Trinajstić information content (AvgIpc) is 3.06. The average molecular weight is 299 g/mol. The molecular weight excluding hydrogens is 285 g/mol. The van der Waals surface area contributed by atoms with E-state index in [2.05, 4.69) is 15.3 Å². The number of halogens is 1. The summed E-state index contributed by atoms with van der Waals surface area (Å²) in [5.41, 5.74) is 2.16. The molecule has 0 bridgehead atoms. The molecule has 112 valence electrons. The van der Waals surface area contributed by atoms with E-state index in [1.54, 1.807) is 6.07 Å². The second-order valence-electron chi connectivity index (χ2n) is 5.66. The van der Waals surface area contributed by atoms with E-state index in [9.17, 15) is 4.39 Å². The molecule has 3 aromatic rings. The van der Waals surface area contributed by atoms with Crippen LogP contribution in [0.2, 0.25) is 0 Å². The molecule has 0 amide bonds. The molecule has 2 aromatic heterocycles. The molecule has 1 aliphatic rings. The molecule has 0 aliphatic heterocycles. The van der Waals surface area contributed by atoms with Gasteiger partial charge in [-0.3, -0.25) is 0 Å². The molecule has 0 saturated heterocycles. The summed E-state index contributed by atoms with van der Waals surface area (Å²) in [7, 11) is 0. The Labute approximate surface area is 126 Å². The topological polar surface area (TPSA) is 65.0 Å². The van der Waals surface area contributed by atoms with Crippen LogP contribution >= 0.6 is 0 Å². The van der Waals surface area contributed by atoms with E-state index in [4.69, 9.17) is 9.05 Å². The number of hydrogen-bond acceptors (Lipinski definition) is 5. The van der Waals surface area contributed by atoms with Crippen molar-refractivity contribution in [3.8, 4) is 11.4 Å². The van der Waals surface area contributed by atoms with Crippen molar-refractivity contribution in [3.63, 3.8) is 0 Å². The fraction of sp³-hybridized carbons (Fsp3) is 0.312. The minimum atomic E-state index is -0.358. The van der Waals surface area contributed by atoms with Gasteiger partial charge in [-0.1, -0.05) is 16.4 Å². The fourth-order valence-corrected chi connectivity index (χ4v) is 2.37. The van der Waals surface area contributed by atoms with Crippen LogP contribution in [0.3, 0.4) is 0 Å². The number of nitrogens with zero attached hydrogens (tertiary/aromatic N) is 3. The Morgan fingerprint density at radius 2 is 2.05 bits per heavy atom. The van der Waals surface area contributed by atoms with Crippen molar-refractivity contribution >= 4 is 0 Å². The summed E-state index contributed by atoms with van der Waals surface area (Å²) in [5.74, 6) is 1.49. The zero-order chi connectivity index (χ0) is 15.1. The van der Waals surface area contributed by atoms with Crippen LogP contribution < -0.4 is 0 Å². The smallest absolute Gasteiger partial charge is 0.234 e. The van der Waals surface area contributed by atoms with Gasteiger partial charge in [-0.15, -0.1) is 0 Å². The first-order valence-electron chi connectivity index (χ1n) is 7.23. The first-order chi connectivity index (χ1) is 10.7. The van der Waals surface area contributed by atoms with E-state index in [0.717, 1.165) is 11.3 Å². The lowest BCUT2D eigenvalue weighted by atomic mass is 10.1. The monoisotopic (exact) mass is 299 g/mol. The molecule has 1 fully saturated rings.